The van der Waals surface area contributed by atoms with Crippen LogP contribution in [0.2, 0.25) is 0 Å². The van der Waals surface area contributed by atoms with E-state index in [1.165, 1.54) is 45.2 Å². The largest absolute Gasteiger partial charge is 0.497 e. The summed E-state index contributed by atoms with van der Waals surface area (Å²) in [6, 6.07) is 5.84. The lowest BCUT2D eigenvalue weighted by Crippen LogP contribution is -2.52. The molecule has 0 aliphatic rings. The van der Waals surface area contributed by atoms with Crippen LogP contribution in [0, 0.1) is 0 Å². The topological polar surface area (TPSA) is 83.9 Å². The Morgan fingerprint density at radius 1 is 1.30 bits per heavy atom. The molecular weight excluding hydrogens is 282 g/mol. The van der Waals surface area contributed by atoms with Gasteiger partial charge in [-0.2, -0.15) is 4.31 Å². The van der Waals surface area contributed by atoms with Crippen molar-refractivity contribution in [1.29, 1.82) is 0 Å². The van der Waals surface area contributed by atoms with E-state index < -0.39 is 21.5 Å². The van der Waals surface area contributed by atoms with Crippen molar-refractivity contribution in [3.63, 3.8) is 0 Å². The van der Waals surface area contributed by atoms with Gasteiger partial charge in [-0.25, -0.2) is 8.42 Å². The second-order valence-corrected chi connectivity index (χ2v) is 6.57. The zero-order chi connectivity index (χ0) is 15.6. The second kappa shape index (κ2) is 5.80. The maximum Gasteiger partial charge on any atom is 0.324 e. The lowest BCUT2D eigenvalue weighted by molar-refractivity contribution is -0.146. The standard InChI is InChI=1S/C13H19NO5S/c1-5-14(13(2,3)12(15)16)20(17,18)11-8-6-10(19-4)7-9-11/h6-9H,5H2,1-4H3,(H,15,16). The molecule has 1 aromatic rings. The smallest absolute Gasteiger partial charge is 0.324 e. The Bertz CT molecular complexity index is 577. The van der Waals surface area contributed by atoms with E-state index in [0.29, 0.717) is 5.75 Å². The van der Waals surface area contributed by atoms with Crippen LogP contribution in [0.4, 0.5) is 0 Å². The molecule has 0 bridgehead atoms. The van der Waals surface area contributed by atoms with E-state index >= 15 is 0 Å². The van der Waals surface area contributed by atoms with E-state index in [0.717, 1.165) is 4.31 Å². The molecule has 1 aromatic carbocycles. The van der Waals surface area contributed by atoms with E-state index in [-0.39, 0.29) is 11.4 Å². The summed E-state index contributed by atoms with van der Waals surface area (Å²) in [7, 11) is -2.40. The van der Waals surface area contributed by atoms with Crippen LogP contribution in [0.15, 0.2) is 29.2 Å². The number of benzene rings is 1. The van der Waals surface area contributed by atoms with Crippen molar-refractivity contribution in [3.05, 3.63) is 24.3 Å². The summed E-state index contributed by atoms with van der Waals surface area (Å²) in [5.74, 6) is -0.666. The van der Waals surface area contributed by atoms with E-state index in [2.05, 4.69) is 0 Å². The van der Waals surface area contributed by atoms with Gasteiger partial charge in [0.15, 0.2) is 0 Å². The van der Waals surface area contributed by atoms with Gasteiger partial charge in [0.25, 0.3) is 0 Å². The van der Waals surface area contributed by atoms with Crippen LogP contribution in [-0.2, 0) is 14.8 Å². The highest BCUT2D eigenvalue weighted by molar-refractivity contribution is 7.89. The SMILES string of the molecule is CCN(C(C)(C)C(=O)O)S(=O)(=O)c1ccc(OC)cc1. The fourth-order valence-electron chi connectivity index (χ4n) is 1.85. The summed E-state index contributed by atoms with van der Waals surface area (Å²) in [5.41, 5.74) is -1.52. The van der Waals surface area contributed by atoms with Crippen LogP contribution >= 0.6 is 0 Å². The first kappa shape index (κ1) is 16.5. The lowest BCUT2D eigenvalue weighted by Gasteiger charge is -2.33. The summed E-state index contributed by atoms with van der Waals surface area (Å²) < 4.78 is 31.0. The number of aliphatic carboxylic acids is 1. The normalized spacial score (nSPS) is 12.4. The van der Waals surface area contributed by atoms with Gasteiger partial charge >= 0.3 is 5.97 Å². The van der Waals surface area contributed by atoms with Crippen molar-refractivity contribution in [3.8, 4) is 5.75 Å². The van der Waals surface area contributed by atoms with E-state index in [1.54, 1.807) is 6.92 Å². The van der Waals surface area contributed by atoms with Gasteiger partial charge in [-0.15, -0.1) is 0 Å². The van der Waals surface area contributed by atoms with Crippen LogP contribution in [0.1, 0.15) is 20.8 Å². The average Bonchev–Trinajstić information content (AvgIpc) is 2.38. The zero-order valence-corrected chi connectivity index (χ0v) is 12.8. The average molecular weight is 301 g/mol. The lowest BCUT2D eigenvalue weighted by atomic mass is 10.1. The molecule has 1 N–H and O–H groups in total. The van der Waals surface area contributed by atoms with E-state index in [1.807, 2.05) is 0 Å². The third-order valence-corrected chi connectivity index (χ3v) is 5.24. The van der Waals surface area contributed by atoms with Gasteiger partial charge < -0.3 is 9.84 Å². The number of hydrogen-bond donors (Lipinski definition) is 1. The molecule has 20 heavy (non-hydrogen) atoms. The number of hydrogen-bond acceptors (Lipinski definition) is 4. The fourth-order valence-corrected chi connectivity index (χ4v) is 3.60. The number of methoxy groups -OCH3 is 1. The number of carboxylic acid groups (broad SMARTS) is 1. The molecule has 0 saturated carbocycles. The van der Waals surface area contributed by atoms with Crippen LogP contribution in [0.3, 0.4) is 0 Å². The number of likely N-dealkylation sites (N-methyl/N-ethyl adjacent to an activating group) is 1. The number of carboxylic acids is 1. The van der Waals surface area contributed by atoms with Crippen LogP contribution in [0.25, 0.3) is 0 Å². The quantitative estimate of drug-likeness (QED) is 0.862. The molecule has 7 heteroatoms. The van der Waals surface area contributed by atoms with Crippen LogP contribution in [-0.4, -0.2) is 43.0 Å². The monoisotopic (exact) mass is 301 g/mol. The maximum absolute atomic E-state index is 12.5. The van der Waals surface area contributed by atoms with Gasteiger partial charge in [0.2, 0.25) is 10.0 Å². The number of nitrogens with zero attached hydrogens (tertiary/aromatic N) is 1. The molecule has 6 nitrogen and oxygen atoms in total. The van der Waals surface area contributed by atoms with Gasteiger partial charge in [0, 0.05) is 6.54 Å². The van der Waals surface area contributed by atoms with Gasteiger partial charge in [-0.05, 0) is 38.1 Å². The molecule has 0 heterocycles. The van der Waals surface area contributed by atoms with Gasteiger partial charge in [0.05, 0.1) is 12.0 Å². The summed E-state index contributed by atoms with van der Waals surface area (Å²) in [5, 5.41) is 9.21. The molecule has 0 saturated heterocycles. The van der Waals surface area contributed by atoms with Gasteiger partial charge in [0.1, 0.15) is 11.3 Å². The molecule has 0 aliphatic carbocycles. The van der Waals surface area contributed by atoms with Crippen molar-refractivity contribution in [1.82, 2.24) is 4.31 Å². The van der Waals surface area contributed by atoms with Crippen LogP contribution in [0.5, 0.6) is 5.75 Å². The number of rotatable bonds is 6. The van der Waals surface area contributed by atoms with Crippen molar-refractivity contribution < 1.29 is 23.1 Å². The van der Waals surface area contributed by atoms with Crippen molar-refractivity contribution in [2.45, 2.75) is 31.2 Å². The summed E-state index contributed by atoms with van der Waals surface area (Å²) in [6.07, 6.45) is 0. The maximum atomic E-state index is 12.5. The minimum atomic E-state index is -3.88. The summed E-state index contributed by atoms with van der Waals surface area (Å²) in [4.78, 5) is 11.3. The third kappa shape index (κ3) is 2.94. The number of sulfonamides is 1. The second-order valence-electron chi connectivity index (χ2n) is 4.71. The van der Waals surface area contributed by atoms with Crippen LogP contribution < -0.4 is 4.74 Å². The molecule has 0 unspecified atom stereocenters. The van der Waals surface area contributed by atoms with Crippen molar-refractivity contribution in [2.75, 3.05) is 13.7 Å². The Kier molecular flexibility index (Phi) is 4.77. The molecule has 1 rings (SSSR count). The number of ether oxygens (including phenoxy) is 1. The first-order valence-electron chi connectivity index (χ1n) is 6.08. The van der Waals surface area contributed by atoms with Gasteiger partial charge in [-0.1, -0.05) is 6.92 Å². The first-order valence-corrected chi connectivity index (χ1v) is 7.52. The third-order valence-electron chi connectivity index (χ3n) is 3.08. The van der Waals surface area contributed by atoms with Crippen molar-refractivity contribution >= 4 is 16.0 Å². The Hall–Kier alpha value is -1.60. The fraction of sp³-hybridized carbons (Fsp3) is 0.462. The molecule has 0 aromatic heterocycles. The highest BCUT2D eigenvalue weighted by Gasteiger charge is 2.41. The molecule has 0 amide bonds. The molecule has 0 radical (unpaired) electrons. The molecule has 0 spiro atoms. The van der Waals surface area contributed by atoms with E-state index in [9.17, 15) is 18.3 Å². The number of carbonyl (C=O) groups is 1. The minimum Gasteiger partial charge on any atom is -0.497 e. The Labute approximate surface area is 119 Å². The zero-order valence-electron chi connectivity index (χ0n) is 12.0. The minimum absolute atomic E-state index is 0.0366. The van der Waals surface area contributed by atoms with E-state index in [4.69, 9.17) is 4.74 Å². The highest BCUT2D eigenvalue weighted by Crippen LogP contribution is 2.26. The Morgan fingerprint density at radius 2 is 1.80 bits per heavy atom. The van der Waals surface area contributed by atoms with Crippen molar-refractivity contribution in [2.24, 2.45) is 0 Å². The first-order chi connectivity index (χ1) is 9.17. The molecule has 112 valence electrons. The predicted octanol–water partition coefficient (Wildman–Crippen LogP) is 1.57. The summed E-state index contributed by atoms with van der Waals surface area (Å²) >= 11 is 0. The molecule has 0 fully saturated rings. The van der Waals surface area contributed by atoms with Gasteiger partial charge in [-0.3, -0.25) is 4.79 Å². The molecule has 0 atom stereocenters. The Balaban J connectivity index is 3.28. The molecular formula is C13H19NO5S. The highest BCUT2D eigenvalue weighted by atomic mass is 32.2. The Morgan fingerprint density at radius 3 is 2.15 bits per heavy atom. The molecule has 0 aliphatic heterocycles. The summed E-state index contributed by atoms with van der Waals surface area (Å²) in [6.45, 7) is 4.39. The predicted molar refractivity (Wildman–Crippen MR) is 74.3 cm³/mol.